The Morgan fingerprint density at radius 2 is 1.70 bits per heavy atom. The van der Waals surface area contributed by atoms with E-state index in [9.17, 15) is 18.0 Å². The van der Waals surface area contributed by atoms with Crippen LogP contribution in [0.5, 0.6) is 11.5 Å². The molecule has 0 unspecified atom stereocenters. The van der Waals surface area contributed by atoms with E-state index in [4.69, 9.17) is 9.47 Å². The summed E-state index contributed by atoms with van der Waals surface area (Å²) >= 11 is 0. The minimum atomic E-state index is -3.76. The van der Waals surface area contributed by atoms with E-state index in [1.807, 2.05) is 6.07 Å². The molecule has 1 aliphatic heterocycles. The molecule has 0 saturated carbocycles. The molecule has 1 fully saturated rings. The van der Waals surface area contributed by atoms with Crippen molar-refractivity contribution in [3.63, 3.8) is 0 Å². The van der Waals surface area contributed by atoms with Crippen LogP contribution in [0.4, 0.5) is 5.69 Å². The fraction of sp³-hybridized carbons (Fsp3) is 0.391. The van der Waals surface area contributed by atoms with Crippen molar-refractivity contribution >= 4 is 27.5 Å². The highest BCUT2D eigenvalue weighted by Crippen LogP contribution is 2.31. The van der Waals surface area contributed by atoms with E-state index in [2.05, 4.69) is 10.6 Å². The summed E-state index contributed by atoms with van der Waals surface area (Å²) in [6.07, 6.45) is 2.63. The van der Waals surface area contributed by atoms with Crippen molar-refractivity contribution in [2.45, 2.75) is 31.1 Å². The van der Waals surface area contributed by atoms with Crippen molar-refractivity contribution in [2.24, 2.45) is 0 Å². The van der Waals surface area contributed by atoms with Crippen LogP contribution in [0.15, 0.2) is 53.4 Å². The Morgan fingerprint density at radius 3 is 2.39 bits per heavy atom. The number of piperidine rings is 1. The van der Waals surface area contributed by atoms with Gasteiger partial charge in [0.15, 0.2) is 6.61 Å². The van der Waals surface area contributed by atoms with Crippen molar-refractivity contribution in [2.75, 3.05) is 38.2 Å². The highest BCUT2D eigenvalue weighted by molar-refractivity contribution is 7.89. The van der Waals surface area contributed by atoms with Crippen LogP contribution in [0.25, 0.3) is 0 Å². The summed E-state index contributed by atoms with van der Waals surface area (Å²) in [5, 5.41) is 5.10. The van der Waals surface area contributed by atoms with Gasteiger partial charge in [0.1, 0.15) is 16.4 Å². The number of carbonyl (C=O) groups is 2. The van der Waals surface area contributed by atoms with E-state index in [0.29, 0.717) is 31.1 Å². The number of rotatable bonds is 10. The normalized spacial score (nSPS) is 14.3. The van der Waals surface area contributed by atoms with Crippen molar-refractivity contribution in [1.82, 2.24) is 9.62 Å². The van der Waals surface area contributed by atoms with Crippen molar-refractivity contribution in [1.29, 1.82) is 0 Å². The topological polar surface area (TPSA) is 114 Å². The van der Waals surface area contributed by atoms with E-state index < -0.39 is 21.8 Å². The SMILES string of the molecule is CCOc1ccc(NC(=O)CNC(=O)COc2ccccc2)cc1S(=O)(=O)N1CCCCC1. The maximum atomic E-state index is 13.2. The Hall–Kier alpha value is -3.11. The van der Waals surface area contributed by atoms with E-state index in [0.717, 1.165) is 19.3 Å². The molecule has 0 radical (unpaired) electrons. The second kappa shape index (κ2) is 11.7. The van der Waals surface area contributed by atoms with Crippen molar-refractivity contribution in [3.8, 4) is 11.5 Å². The molecule has 0 spiro atoms. The predicted octanol–water partition coefficient (Wildman–Crippen LogP) is 2.39. The average molecular weight is 476 g/mol. The Kier molecular flexibility index (Phi) is 8.67. The van der Waals surface area contributed by atoms with Crippen LogP contribution in [0.2, 0.25) is 0 Å². The molecule has 3 rings (SSSR count). The average Bonchev–Trinajstić information content (AvgIpc) is 2.83. The monoisotopic (exact) mass is 475 g/mol. The summed E-state index contributed by atoms with van der Waals surface area (Å²) < 4.78 is 38.7. The van der Waals surface area contributed by atoms with E-state index in [-0.39, 0.29) is 23.8 Å². The molecule has 0 aromatic heterocycles. The van der Waals surface area contributed by atoms with Gasteiger partial charge >= 0.3 is 0 Å². The van der Waals surface area contributed by atoms with Gasteiger partial charge in [0.25, 0.3) is 5.91 Å². The summed E-state index contributed by atoms with van der Waals surface area (Å²) in [6.45, 7) is 2.50. The number of ether oxygens (including phenoxy) is 2. The first-order chi connectivity index (χ1) is 15.9. The molecule has 1 heterocycles. The molecule has 0 bridgehead atoms. The molecule has 0 aliphatic carbocycles. The van der Waals surface area contributed by atoms with E-state index >= 15 is 0 Å². The van der Waals surface area contributed by atoms with Gasteiger partial charge in [0.2, 0.25) is 15.9 Å². The second-order valence-corrected chi connectivity index (χ2v) is 9.39. The van der Waals surface area contributed by atoms with Crippen LogP contribution in [-0.2, 0) is 19.6 Å². The van der Waals surface area contributed by atoms with Crippen LogP contribution in [0.1, 0.15) is 26.2 Å². The van der Waals surface area contributed by atoms with E-state index in [1.54, 1.807) is 37.3 Å². The molecular weight excluding hydrogens is 446 g/mol. The second-order valence-electron chi connectivity index (χ2n) is 7.49. The standard InChI is InChI=1S/C23H29N3O6S/c1-2-31-20-12-11-18(15-21(20)33(29,30)26-13-7-4-8-14-26)25-22(27)16-24-23(28)17-32-19-9-5-3-6-10-19/h3,5-6,9-12,15H,2,4,7-8,13-14,16-17H2,1H3,(H,24,28)(H,25,27). The lowest BCUT2D eigenvalue weighted by atomic mass is 10.2. The summed E-state index contributed by atoms with van der Waals surface area (Å²) in [7, 11) is -3.76. The predicted molar refractivity (Wildman–Crippen MR) is 124 cm³/mol. The number of hydrogen-bond donors (Lipinski definition) is 2. The summed E-state index contributed by atoms with van der Waals surface area (Å²) in [5.74, 6) is -0.149. The highest BCUT2D eigenvalue weighted by Gasteiger charge is 2.29. The molecule has 10 heteroatoms. The Balaban J connectivity index is 1.61. The van der Waals surface area contributed by atoms with Gasteiger partial charge in [-0.05, 0) is 50.1 Å². The molecule has 2 amide bonds. The first-order valence-electron chi connectivity index (χ1n) is 10.9. The van der Waals surface area contributed by atoms with Gasteiger partial charge in [0, 0.05) is 18.8 Å². The maximum Gasteiger partial charge on any atom is 0.258 e. The molecule has 0 atom stereocenters. The zero-order valence-corrected chi connectivity index (χ0v) is 19.4. The zero-order valence-electron chi connectivity index (χ0n) is 18.6. The molecular formula is C23H29N3O6S. The number of nitrogens with zero attached hydrogens (tertiary/aromatic N) is 1. The van der Waals surface area contributed by atoms with Gasteiger partial charge in [-0.3, -0.25) is 9.59 Å². The first-order valence-corrected chi connectivity index (χ1v) is 12.4. The van der Waals surface area contributed by atoms with E-state index in [1.165, 1.54) is 16.4 Å². The van der Waals surface area contributed by atoms with Crippen molar-refractivity contribution < 1.29 is 27.5 Å². The number of carbonyl (C=O) groups excluding carboxylic acids is 2. The third kappa shape index (κ3) is 6.93. The van der Waals surface area contributed by atoms with Gasteiger partial charge in [-0.1, -0.05) is 24.6 Å². The van der Waals surface area contributed by atoms with Crippen molar-refractivity contribution in [3.05, 3.63) is 48.5 Å². The number of benzene rings is 2. The number of sulfonamides is 1. The van der Waals surface area contributed by atoms with Crippen LogP contribution in [-0.4, -0.2) is 57.4 Å². The molecule has 1 aliphatic rings. The number of para-hydroxylation sites is 1. The lowest BCUT2D eigenvalue weighted by molar-refractivity contribution is -0.125. The minimum absolute atomic E-state index is 0.0179. The van der Waals surface area contributed by atoms with Gasteiger partial charge in [-0.2, -0.15) is 4.31 Å². The summed E-state index contributed by atoms with van der Waals surface area (Å²) in [6, 6.07) is 13.4. The Bertz CT molecular complexity index is 1050. The zero-order chi connectivity index (χ0) is 23.7. The number of anilines is 1. The summed E-state index contributed by atoms with van der Waals surface area (Å²) in [5.41, 5.74) is 0.300. The van der Waals surface area contributed by atoms with Gasteiger partial charge in [0.05, 0.1) is 13.2 Å². The number of amides is 2. The van der Waals surface area contributed by atoms with Gasteiger partial charge < -0.3 is 20.1 Å². The molecule has 2 N–H and O–H groups in total. The van der Waals surface area contributed by atoms with Crippen LogP contribution >= 0.6 is 0 Å². The summed E-state index contributed by atoms with van der Waals surface area (Å²) in [4.78, 5) is 24.3. The Labute approximate surface area is 194 Å². The third-order valence-electron chi connectivity index (χ3n) is 5.02. The fourth-order valence-electron chi connectivity index (χ4n) is 3.41. The quantitative estimate of drug-likeness (QED) is 0.545. The number of hydrogen-bond acceptors (Lipinski definition) is 6. The smallest absolute Gasteiger partial charge is 0.258 e. The fourth-order valence-corrected chi connectivity index (χ4v) is 5.08. The van der Waals surface area contributed by atoms with Crippen LogP contribution in [0, 0.1) is 0 Å². The lowest BCUT2D eigenvalue weighted by Crippen LogP contribution is -2.36. The molecule has 33 heavy (non-hydrogen) atoms. The van der Waals surface area contributed by atoms with Crippen LogP contribution in [0.3, 0.4) is 0 Å². The van der Waals surface area contributed by atoms with Gasteiger partial charge in [-0.15, -0.1) is 0 Å². The Morgan fingerprint density at radius 1 is 0.970 bits per heavy atom. The molecule has 9 nitrogen and oxygen atoms in total. The highest BCUT2D eigenvalue weighted by atomic mass is 32.2. The molecule has 1 saturated heterocycles. The minimum Gasteiger partial charge on any atom is -0.492 e. The lowest BCUT2D eigenvalue weighted by Gasteiger charge is -2.27. The third-order valence-corrected chi connectivity index (χ3v) is 6.94. The molecule has 2 aromatic carbocycles. The van der Waals surface area contributed by atoms with Crippen LogP contribution < -0.4 is 20.1 Å². The molecule has 178 valence electrons. The first kappa shape index (κ1) is 24.5. The van der Waals surface area contributed by atoms with Gasteiger partial charge in [-0.25, -0.2) is 8.42 Å². The maximum absolute atomic E-state index is 13.2. The molecule has 2 aromatic rings. The largest absolute Gasteiger partial charge is 0.492 e. The number of nitrogens with one attached hydrogen (secondary N) is 2.